The Kier molecular flexibility index (Phi) is 2.98. The predicted octanol–water partition coefficient (Wildman–Crippen LogP) is 2.83. The van der Waals surface area contributed by atoms with E-state index < -0.39 is 5.91 Å². The highest BCUT2D eigenvalue weighted by atomic mass is 32.1. The molecular formula is C13H14N2OS. The normalized spacial score (nSPS) is 10.5. The van der Waals surface area contributed by atoms with Gasteiger partial charge >= 0.3 is 0 Å². The lowest BCUT2D eigenvalue weighted by Crippen LogP contribution is -2.08. The zero-order chi connectivity index (χ0) is 12.6. The number of aromatic nitrogens is 1. The van der Waals surface area contributed by atoms with Crippen molar-refractivity contribution in [2.75, 3.05) is 0 Å². The van der Waals surface area contributed by atoms with Crippen molar-refractivity contribution < 1.29 is 4.79 Å². The second-order valence-electron chi connectivity index (χ2n) is 4.07. The van der Waals surface area contributed by atoms with Crippen LogP contribution in [0.3, 0.4) is 0 Å². The van der Waals surface area contributed by atoms with Gasteiger partial charge in [0, 0.05) is 5.56 Å². The van der Waals surface area contributed by atoms with E-state index in [0.717, 1.165) is 10.6 Å². The molecule has 2 aromatic rings. The SMILES string of the molecule is Cc1ccc(-c2ncc(C(N)=O)s2)c(C)c1C. The van der Waals surface area contributed by atoms with Gasteiger partial charge in [0.1, 0.15) is 9.88 Å². The number of carbonyl (C=O) groups is 1. The van der Waals surface area contributed by atoms with Gasteiger partial charge in [-0.3, -0.25) is 4.79 Å². The summed E-state index contributed by atoms with van der Waals surface area (Å²) in [7, 11) is 0. The molecule has 0 spiro atoms. The summed E-state index contributed by atoms with van der Waals surface area (Å²) in [4.78, 5) is 15.8. The smallest absolute Gasteiger partial charge is 0.260 e. The molecule has 0 unspecified atom stereocenters. The van der Waals surface area contributed by atoms with Crippen LogP contribution < -0.4 is 5.73 Å². The number of hydrogen-bond donors (Lipinski definition) is 1. The minimum absolute atomic E-state index is 0.421. The van der Waals surface area contributed by atoms with E-state index in [9.17, 15) is 4.79 Å². The number of primary amides is 1. The molecule has 0 saturated heterocycles. The quantitative estimate of drug-likeness (QED) is 0.885. The van der Waals surface area contributed by atoms with Crippen LogP contribution in [-0.4, -0.2) is 10.9 Å². The summed E-state index contributed by atoms with van der Waals surface area (Å²) in [6.07, 6.45) is 1.54. The van der Waals surface area contributed by atoms with Crippen molar-refractivity contribution in [2.45, 2.75) is 20.8 Å². The van der Waals surface area contributed by atoms with Crippen LogP contribution in [0.25, 0.3) is 10.6 Å². The number of nitrogens with zero attached hydrogens (tertiary/aromatic N) is 1. The zero-order valence-corrected chi connectivity index (χ0v) is 10.9. The first kappa shape index (κ1) is 11.8. The molecular weight excluding hydrogens is 232 g/mol. The Morgan fingerprint density at radius 3 is 2.53 bits per heavy atom. The molecule has 3 nitrogen and oxygen atoms in total. The van der Waals surface area contributed by atoms with E-state index in [1.165, 1.54) is 34.2 Å². The van der Waals surface area contributed by atoms with E-state index in [1.807, 2.05) is 6.07 Å². The third-order valence-electron chi connectivity index (χ3n) is 3.04. The zero-order valence-electron chi connectivity index (χ0n) is 10.1. The molecule has 2 N–H and O–H groups in total. The number of carbonyl (C=O) groups excluding carboxylic acids is 1. The largest absolute Gasteiger partial charge is 0.365 e. The molecule has 0 fully saturated rings. The van der Waals surface area contributed by atoms with Crippen LogP contribution in [-0.2, 0) is 0 Å². The Bertz CT molecular complexity index is 587. The molecule has 1 heterocycles. The van der Waals surface area contributed by atoms with Gasteiger partial charge in [-0.2, -0.15) is 0 Å². The summed E-state index contributed by atoms with van der Waals surface area (Å²) in [5.41, 5.74) is 10.0. The monoisotopic (exact) mass is 246 g/mol. The summed E-state index contributed by atoms with van der Waals surface area (Å²) >= 11 is 1.34. The van der Waals surface area contributed by atoms with Gasteiger partial charge < -0.3 is 5.73 Å². The summed E-state index contributed by atoms with van der Waals surface area (Å²) in [5.74, 6) is -0.421. The van der Waals surface area contributed by atoms with Gasteiger partial charge in [0.15, 0.2) is 0 Å². The van der Waals surface area contributed by atoms with Crippen LogP contribution >= 0.6 is 11.3 Å². The van der Waals surface area contributed by atoms with E-state index in [4.69, 9.17) is 5.73 Å². The number of amides is 1. The molecule has 0 aliphatic heterocycles. The molecule has 0 atom stereocenters. The molecule has 4 heteroatoms. The Balaban J connectivity index is 2.53. The number of benzene rings is 1. The fourth-order valence-corrected chi connectivity index (χ4v) is 2.55. The maximum absolute atomic E-state index is 11.0. The van der Waals surface area contributed by atoms with Crippen molar-refractivity contribution >= 4 is 17.2 Å². The van der Waals surface area contributed by atoms with Crippen LogP contribution in [0.2, 0.25) is 0 Å². The summed E-state index contributed by atoms with van der Waals surface area (Å²) in [5, 5.41) is 0.847. The summed E-state index contributed by atoms with van der Waals surface area (Å²) in [6.45, 7) is 6.25. The topological polar surface area (TPSA) is 56.0 Å². The molecule has 0 aliphatic carbocycles. The molecule has 88 valence electrons. The first-order chi connectivity index (χ1) is 8.00. The van der Waals surface area contributed by atoms with Gasteiger partial charge in [-0.25, -0.2) is 4.98 Å². The molecule has 17 heavy (non-hydrogen) atoms. The van der Waals surface area contributed by atoms with Crippen molar-refractivity contribution in [1.82, 2.24) is 4.98 Å². The van der Waals surface area contributed by atoms with Gasteiger partial charge in [-0.1, -0.05) is 12.1 Å². The average molecular weight is 246 g/mol. The second-order valence-corrected chi connectivity index (χ2v) is 5.10. The van der Waals surface area contributed by atoms with E-state index >= 15 is 0 Å². The fraction of sp³-hybridized carbons (Fsp3) is 0.231. The van der Waals surface area contributed by atoms with Crippen LogP contribution in [0.1, 0.15) is 26.4 Å². The molecule has 2 rings (SSSR count). The molecule has 0 saturated carbocycles. The maximum atomic E-state index is 11.0. The first-order valence-electron chi connectivity index (χ1n) is 5.33. The minimum atomic E-state index is -0.421. The molecule has 1 amide bonds. The Morgan fingerprint density at radius 1 is 1.24 bits per heavy atom. The molecule has 0 radical (unpaired) electrons. The molecule has 0 bridgehead atoms. The van der Waals surface area contributed by atoms with Crippen molar-refractivity contribution in [1.29, 1.82) is 0 Å². The van der Waals surface area contributed by atoms with Crippen LogP contribution in [0, 0.1) is 20.8 Å². The molecule has 1 aromatic heterocycles. The van der Waals surface area contributed by atoms with Gasteiger partial charge in [0.25, 0.3) is 5.91 Å². The standard InChI is InChI=1S/C13H14N2OS/c1-7-4-5-10(9(3)8(7)2)13-15-6-11(17-13)12(14)16/h4-6H,1-3H3,(H2,14,16). The fourth-order valence-electron chi connectivity index (χ4n) is 1.70. The molecule has 0 aliphatic rings. The Morgan fingerprint density at radius 2 is 1.94 bits per heavy atom. The summed E-state index contributed by atoms with van der Waals surface area (Å²) in [6, 6.07) is 4.12. The third kappa shape index (κ3) is 2.08. The Hall–Kier alpha value is -1.68. The minimum Gasteiger partial charge on any atom is -0.365 e. The highest BCUT2D eigenvalue weighted by molar-refractivity contribution is 7.16. The van der Waals surface area contributed by atoms with Gasteiger partial charge in [0.05, 0.1) is 6.20 Å². The lowest BCUT2D eigenvalue weighted by molar-refractivity contribution is 0.100. The van der Waals surface area contributed by atoms with Crippen molar-refractivity contribution in [3.05, 3.63) is 39.9 Å². The van der Waals surface area contributed by atoms with E-state index in [1.54, 1.807) is 0 Å². The van der Waals surface area contributed by atoms with Crippen LogP contribution in [0.4, 0.5) is 0 Å². The van der Waals surface area contributed by atoms with E-state index in [-0.39, 0.29) is 0 Å². The Labute approximate surface area is 104 Å². The van der Waals surface area contributed by atoms with Gasteiger partial charge in [-0.05, 0) is 37.5 Å². The van der Waals surface area contributed by atoms with Crippen molar-refractivity contribution in [2.24, 2.45) is 5.73 Å². The number of aryl methyl sites for hydroxylation is 1. The number of hydrogen-bond acceptors (Lipinski definition) is 3. The number of rotatable bonds is 2. The van der Waals surface area contributed by atoms with Crippen LogP contribution in [0.15, 0.2) is 18.3 Å². The molecule has 1 aromatic carbocycles. The average Bonchev–Trinajstić information content (AvgIpc) is 2.75. The van der Waals surface area contributed by atoms with Gasteiger partial charge in [-0.15, -0.1) is 11.3 Å². The highest BCUT2D eigenvalue weighted by Crippen LogP contribution is 2.30. The highest BCUT2D eigenvalue weighted by Gasteiger charge is 2.12. The number of nitrogens with two attached hydrogens (primary N) is 1. The predicted molar refractivity (Wildman–Crippen MR) is 70.3 cm³/mol. The lowest BCUT2D eigenvalue weighted by atomic mass is 9.99. The van der Waals surface area contributed by atoms with Crippen molar-refractivity contribution in [3.63, 3.8) is 0 Å². The van der Waals surface area contributed by atoms with E-state index in [2.05, 4.69) is 31.8 Å². The van der Waals surface area contributed by atoms with Gasteiger partial charge in [0.2, 0.25) is 0 Å². The van der Waals surface area contributed by atoms with E-state index in [0.29, 0.717) is 4.88 Å². The second kappa shape index (κ2) is 4.30. The summed E-state index contributed by atoms with van der Waals surface area (Å²) < 4.78 is 0. The third-order valence-corrected chi connectivity index (χ3v) is 4.08. The maximum Gasteiger partial charge on any atom is 0.260 e. The van der Waals surface area contributed by atoms with Crippen molar-refractivity contribution in [3.8, 4) is 10.6 Å². The lowest BCUT2D eigenvalue weighted by Gasteiger charge is -2.08. The number of thiazole rings is 1. The van der Waals surface area contributed by atoms with Crippen LogP contribution in [0.5, 0.6) is 0 Å². The first-order valence-corrected chi connectivity index (χ1v) is 6.15.